The van der Waals surface area contributed by atoms with E-state index in [0.29, 0.717) is 6.42 Å². The minimum Gasteiger partial charge on any atom is -0.352 e. The van der Waals surface area contributed by atoms with Crippen molar-refractivity contribution in [1.82, 2.24) is 10.0 Å². The fourth-order valence-electron chi connectivity index (χ4n) is 3.20. The summed E-state index contributed by atoms with van der Waals surface area (Å²) < 4.78 is 40.7. The van der Waals surface area contributed by atoms with Crippen molar-refractivity contribution in [2.75, 3.05) is 0 Å². The topological polar surface area (TPSA) is 75.3 Å². The van der Waals surface area contributed by atoms with Crippen molar-refractivity contribution in [3.63, 3.8) is 0 Å². The van der Waals surface area contributed by atoms with Crippen LogP contribution in [-0.4, -0.2) is 26.4 Å². The first-order valence-corrected chi connectivity index (χ1v) is 10.6. The third-order valence-electron chi connectivity index (χ3n) is 4.61. The predicted molar refractivity (Wildman–Crippen MR) is 108 cm³/mol. The van der Waals surface area contributed by atoms with E-state index in [2.05, 4.69) is 23.9 Å². The number of hydrogen-bond acceptors (Lipinski definition) is 3. The molecule has 1 amide bonds. The highest BCUT2D eigenvalue weighted by Crippen LogP contribution is 2.28. The normalized spacial score (nSPS) is 14.3. The molecule has 2 rings (SSSR count). The Bertz CT molecular complexity index is 914. The third-order valence-corrected chi connectivity index (χ3v) is 6.19. The summed E-state index contributed by atoms with van der Waals surface area (Å²) in [7, 11) is -4.13. The number of carbonyl (C=O) groups is 1. The Morgan fingerprint density at radius 3 is 2.21 bits per heavy atom. The fraction of sp³-hybridized carbons (Fsp3) is 0.381. The molecule has 0 aliphatic rings. The maximum absolute atomic E-state index is 13.8. The summed E-state index contributed by atoms with van der Waals surface area (Å²) in [5.74, 6) is -1.32. The van der Waals surface area contributed by atoms with Gasteiger partial charge in [-0.15, -0.1) is 0 Å². The van der Waals surface area contributed by atoms with Crippen LogP contribution >= 0.6 is 0 Å². The van der Waals surface area contributed by atoms with Gasteiger partial charge in [-0.25, -0.2) is 12.8 Å². The zero-order valence-corrected chi connectivity index (χ0v) is 17.4. The number of amides is 1. The van der Waals surface area contributed by atoms with Gasteiger partial charge < -0.3 is 5.32 Å². The molecule has 152 valence electrons. The summed E-state index contributed by atoms with van der Waals surface area (Å²) in [5, 5.41) is 2.83. The average molecular weight is 407 g/mol. The maximum Gasteiger partial charge on any atom is 0.244 e. The van der Waals surface area contributed by atoms with E-state index in [9.17, 15) is 17.6 Å². The Kier molecular flexibility index (Phi) is 6.96. The SMILES string of the molecule is CC(CC(C)(C)c1ccccc1)NC(=O)[C@H](C)NS(=O)(=O)c1ccccc1F. The molecule has 0 bridgehead atoms. The van der Waals surface area contributed by atoms with Crippen LogP contribution < -0.4 is 10.0 Å². The number of nitrogens with one attached hydrogen (secondary N) is 2. The standard InChI is InChI=1S/C21H27FN2O3S/c1-15(14-21(3,4)17-10-6-5-7-11-17)23-20(25)16(2)24-28(26,27)19-13-9-8-12-18(19)22/h5-13,15-16,24H,14H2,1-4H3,(H,23,25)/t15?,16-/m0/s1. The van der Waals surface area contributed by atoms with Gasteiger partial charge in [0.1, 0.15) is 10.7 Å². The van der Waals surface area contributed by atoms with Crippen LogP contribution in [0.2, 0.25) is 0 Å². The summed E-state index contributed by atoms with van der Waals surface area (Å²) in [6, 6.07) is 13.8. The van der Waals surface area contributed by atoms with Crippen molar-refractivity contribution in [2.24, 2.45) is 0 Å². The van der Waals surface area contributed by atoms with E-state index < -0.39 is 32.7 Å². The smallest absolute Gasteiger partial charge is 0.244 e. The van der Waals surface area contributed by atoms with Crippen molar-refractivity contribution in [3.8, 4) is 0 Å². The molecule has 0 aliphatic heterocycles. The lowest BCUT2D eigenvalue weighted by atomic mass is 9.79. The molecule has 0 radical (unpaired) electrons. The van der Waals surface area contributed by atoms with Gasteiger partial charge in [0.2, 0.25) is 15.9 Å². The predicted octanol–water partition coefficient (Wildman–Crippen LogP) is 3.37. The Hall–Kier alpha value is -2.25. The molecule has 0 saturated carbocycles. The Balaban J connectivity index is 1.99. The van der Waals surface area contributed by atoms with E-state index in [0.717, 1.165) is 17.7 Å². The van der Waals surface area contributed by atoms with Crippen LogP contribution in [0.4, 0.5) is 4.39 Å². The van der Waals surface area contributed by atoms with Crippen LogP contribution in [0, 0.1) is 5.82 Å². The molecular formula is C21H27FN2O3S. The number of benzene rings is 2. The van der Waals surface area contributed by atoms with Gasteiger partial charge in [0.15, 0.2) is 0 Å². The van der Waals surface area contributed by atoms with E-state index in [4.69, 9.17) is 0 Å². The molecule has 2 aromatic rings. The second kappa shape index (κ2) is 8.84. The van der Waals surface area contributed by atoms with Gasteiger partial charge in [-0.3, -0.25) is 4.79 Å². The number of sulfonamides is 1. The first kappa shape index (κ1) is 22.0. The molecular weight excluding hydrogens is 379 g/mol. The maximum atomic E-state index is 13.8. The van der Waals surface area contributed by atoms with Gasteiger partial charge in [0.25, 0.3) is 0 Å². The molecule has 7 heteroatoms. The number of carbonyl (C=O) groups excluding carboxylic acids is 1. The molecule has 0 saturated heterocycles. The van der Waals surface area contributed by atoms with E-state index in [1.54, 1.807) is 0 Å². The second-order valence-electron chi connectivity index (χ2n) is 7.64. The van der Waals surface area contributed by atoms with Crippen molar-refractivity contribution in [1.29, 1.82) is 0 Å². The van der Waals surface area contributed by atoms with E-state index >= 15 is 0 Å². The van der Waals surface area contributed by atoms with Gasteiger partial charge in [0, 0.05) is 6.04 Å². The molecule has 0 aromatic heterocycles. The van der Waals surface area contributed by atoms with E-state index in [1.165, 1.54) is 19.1 Å². The average Bonchev–Trinajstić information content (AvgIpc) is 2.61. The van der Waals surface area contributed by atoms with Gasteiger partial charge in [-0.05, 0) is 43.4 Å². The summed E-state index contributed by atoms with van der Waals surface area (Å²) in [6.45, 7) is 7.49. The number of rotatable bonds is 8. The van der Waals surface area contributed by atoms with Crippen LogP contribution in [0.5, 0.6) is 0 Å². The molecule has 0 aliphatic carbocycles. The highest BCUT2D eigenvalue weighted by Gasteiger charge is 2.27. The zero-order valence-electron chi connectivity index (χ0n) is 16.6. The van der Waals surface area contributed by atoms with Gasteiger partial charge >= 0.3 is 0 Å². The lowest BCUT2D eigenvalue weighted by molar-refractivity contribution is -0.123. The lowest BCUT2D eigenvalue weighted by Gasteiger charge is -2.29. The summed E-state index contributed by atoms with van der Waals surface area (Å²) in [6.07, 6.45) is 0.676. The second-order valence-corrected chi connectivity index (χ2v) is 9.32. The van der Waals surface area contributed by atoms with Crippen molar-refractivity contribution in [2.45, 2.75) is 56.5 Å². The largest absolute Gasteiger partial charge is 0.352 e. The van der Waals surface area contributed by atoms with Crippen LogP contribution in [-0.2, 0) is 20.2 Å². The van der Waals surface area contributed by atoms with Gasteiger partial charge in [0.05, 0.1) is 6.04 Å². The van der Waals surface area contributed by atoms with Gasteiger partial charge in [-0.1, -0.05) is 56.3 Å². The first-order chi connectivity index (χ1) is 13.0. The van der Waals surface area contributed by atoms with Crippen LogP contribution in [0.1, 0.15) is 39.7 Å². The summed E-state index contributed by atoms with van der Waals surface area (Å²) in [4.78, 5) is 12.0. The van der Waals surface area contributed by atoms with Gasteiger partial charge in [-0.2, -0.15) is 4.72 Å². The van der Waals surface area contributed by atoms with Crippen LogP contribution in [0.3, 0.4) is 0 Å². The minimum atomic E-state index is -4.13. The molecule has 5 nitrogen and oxygen atoms in total. The molecule has 2 aromatic carbocycles. The molecule has 2 N–H and O–H groups in total. The number of halogens is 1. The monoisotopic (exact) mass is 406 g/mol. The van der Waals surface area contributed by atoms with E-state index in [1.807, 2.05) is 37.3 Å². The Labute approximate surface area is 166 Å². The third kappa shape index (κ3) is 5.62. The Morgan fingerprint density at radius 2 is 1.61 bits per heavy atom. The first-order valence-electron chi connectivity index (χ1n) is 9.16. The fourth-order valence-corrected chi connectivity index (χ4v) is 4.49. The van der Waals surface area contributed by atoms with Crippen molar-refractivity contribution >= 4 is 15.9 Å². The van der Waals surface area contributed by atoms with Crippen LogP contribution in [0.15, 0.2) is 59.5 Å². The molecule has 28 heavy (non-hydrogen) atoms. The molecule has 2 atom stereocenters. The highest BCUT2D eigenvalue weighted by molar-refractivity contribution is 7.89. The summed E-state index contributed by atoms with van der Waals surface area (Å²) >= 11 is 0. The molecule has 0 heterocycles. The number of hydrogen-bond donors (Lipinski definition) is 2. The Morgan fingerprint density at radius 1 is 1.04 bits per heavy atom. The van der Waals surface area contributed by atoms with Crippen molar-refractivity contribution < 1.29 is 17.6 Å². The van der Waals surface area contributed by atoms with Crippen LogP contribution in [0.25, 0.3) is 0 Å². The summed E-state index contributed by atoms with van der Waals surface area (Å²) in [5.41, 5.74) is 0.994. The zero-order chi connectivity index (χ0) is 20.9. The molecule has 1 unspecified atom stereocenters. The quantitative estimate of drug-likeness (QED) is 0.706. The molecule has 0 spiro atoms. The lowest BCUT2D eigenvalue weighted by Crippen LogP contribution is -2.48. The minimum absolute atomic E-state index is 0.163. The highest BCUT2D eigenvalue weighted by atomic mass is 32.2. The van der Waals surface area contributed by atoms with Crippen molar-refractivity contribution in [3.05, 3.63) is 66.0 Å². The molecule has 0 fully saturated rings. The van der Waals surface area contributed by atoms with E-state index in [-0.39, 0.29) is 11.5 Å².